The Kier molecular flexibility index (Phi) is 3.65. The molecule has 1 aliphatic rings. The van der Waals surface area contributed by atoms with Crippen molar-refractivity contribution in [3.8, 4) is 0 Å². The van der Waals surface area contributed by atoms with Crippen molar-refractivity contribution in [2.24, 2.45) is 0 Å². The van der Waals surface area contributed by atoms with Crippen molar-refractivity contribution >= 4 is 11.4 Å². The van der Waals surface area contributed by atoms with Crippen LogP contribution in [0.15, 0.2) is 18.2 Å². The maximum absolute atomic E-state index is 12.6. The van der Waals surface area contributed by atoms with Gasteiger partial charge >= 0.3 is 6.18 Å². The van der Waals surface area contributed by atoms with Crippen LogP contribution in [-0.2, 0) is 6.18 Å². The van der Waals surface area contributed by atoms with Gasteiger partial charge in [-0.25, -0.2) is 0 Å². The van der Waals surface area contributed by atoms with Gasteiger partial charge in [-0.1, -0.05) is 0 Å². The summed E-state index contributed by atoms with van der Waals surface area (Å²) in [4.78, 5) is 0. The number of hydrogen-bond donors (Lipinski definition) is 3. The normalized spacial score (nSPS) is 15.7. The summed E-state index contributed by atoms with van der Waals surface area (Å²) in [6, 6.07) is 4.12. The van der Waals surface area contributed by atoms with Gasteiger partial charge in [-0.3, -0.25) is 0 Å². The van der Waals surface area contributed by atoms with E-state index in [0.29, 0.717) is 18.3 Å². The fourth-order valence-electron chi connectivity index (χ4n) is 1.69. The van der Waals surface area contributed by atoms with Crippen molar-refractivity contribution in [3.05, 3.63) is 23.8 Å². The molecule has 0 aromatic heterocycles. The summed E-state index contributed by atoms with van der Waals surface area (Å²) >= 11 is 0. The molecule has 3 nitrogen and oxygen atoms in total. The van der Waals surface area contributed by atoms with E-state index in [1.807, 2.05) is 0 Å². The molecule has 100 valence electrons. The number of hydrogen-bond acceptors (Lipinski definition) is 3. The van der Waals surface area contributed by atoms with Crippen LogP contribution in [0.4, 0.5) is 24.5 Å². The highest BCUT2D eigenvalue weighted by Crippen LogP contribution is 2.32. The lowest BCUT2D eigenvalue weighted by Crippen LogP contribution is -2.24. The van der Waals surface area contributed by atoms with Gasteiger partial charge in [-0.15, -0.1) is 0 Å². The lowest BCUT2D eigenvalue weighted by molar-refractivity contribution is -0.137. The largest absolute Gasteiger partial charge is 0.416 e. The molecule has 1 saturated carbocycles. The average Bonchev–Trinajstić information content (AvgIpc) is 3.06. The zero-order chi connectivity index (χ0) is 13.2. The maximum atomic E-state index is 12.6. The van der Waals surface area contributed by atoms with E-state index in [1.165, 1.54) is 18.9 Å². The molecule has 0 unspecified atom stereocenters. The smallest absolute Gasteiger partial charge is 0.399 e. The van der Waals surface area contributed by atoms with E-state index in [-0.39, 0.29) is 5.69 Å². The summed E-state index contributed by atoms with van der Waals surface area (Å²) in [6.07, 6.45) is -1.98. The Labute approximate surface area is 104 Å². The molecule has 1 aliphatic carbocycles. The van der Waals surface area contributed by atoms with Gasteiger partial charge in [-0.05, 0) is 31.0 Å². The molecule has 1 aromatic rings. The van der Waals surface area contributed by atoms with E-state index in [4.69, 9.17) is 5.73 Å². The molecular formula is C12H16F3N3. The van der Waals surface area contributed by atoms with Gasteiger partial charge < -0.3 is 16.4 Å². The maximum Gasteiger partial charge on any atom is 0.416 e. The monoisotopic (exact) mass is 259 g/mol. The molecule has 0 radical (unpaired) electrons. The fourth-order valence-corrected chi connectivity index (χ4v) is 1.69. The standard InChI is InChI=1S/C12H16F3N3/c13-12(14,15)8-5-9(16)7-11(6-8)18-4-3-17-10-1-2-10/h5-7,10,17-18H,1-4,16H2. The Morgan fingerprint density at radius 1 is 1.17 bits per heavy atom. The third-order valence-electron chi connectivity index (χ3n) is 2.75. The molecule has 1 fully saturated rings. The quantitative estimate of drug-likeness (QED) is 0.562. The Bertz CT molecular complexity index is 414. The van der Waals surface area contributed by atoms with Crippen LogP contribution in [-0.4, -0.2) is 19.1 Å². The van der Waals surface area contributed by atoms with Crippen LogP contribution in [0, 0.1) is 0 Å². The van der Waals surface area contributed by atoms with Crippen LogP contribution in [0.3, 0.4) is 0 Å². The van der Waals surface area contributed by atoms with Gasteiger partial charge in [0.25, 0.3) is 0 Å². The minimum absolute atomic E-state index is 0.113. The van der Waals surface area contributed by atoms with Crippen LogP contribution in [0.2, 0.25) is 0 Å². The van der Waals surface area contributed by atoms with Crippen molar-refractivity contribution in [2.45, 2.75) is 25.1 Å². The highest BCUT2D eigenvalue weighted by Gasteiger charge is 2.31. The molecule has 0 bridgehead atoms. The highest BCUT2D eigenvalue weighted by atomic mass is 19.4. The Morgan fingerprint density at radius 3 is 2.50 bits per heavy atom. The molecule has 18 heavy (non-hydrogen) atoms. The first-order valence-electron chi connectivity index (χ1n) is 5.90. The number of nitrogens with two attached hydrogens (primary N) is 1. The van der Waals surface area contributed by atoms with Gasteiger partial charge in [0.2, 0.25) is 0 Å². The molecule has 1 aromatic carbocycles. The minimum Gasteiger partial charge on any atom is -0.399 e. The number of benzene rings is 1. The van der Waals surface area contributed by atoms with Gasteiger partial charge in [-0.2, -0.15) is 13.2 Å². The van der Waals surface area contributed by atoms with Crippen molar-refractivity contribution in [1.29, 1.82) is 0 Å². The number of nitrogens with one attached hydrogen (secondary N) is 2. The van der Waals surface area contributed by atoms with E-state index in [9.17, 15) is 13.2 Å². The van der Waals surface area contributed by atoms with E-state index < -0.39 is 11.7 Å². The molecule has 0 aliphatic heterocycles. The van der Waals surface area contributed by atoms with Crippen LogP contribution in [0.5, 0.6) is 0 Å². The second-order valence-electron chi connectivity index (χ2n) is 4.50. The van der Waals surface area contributed by atoms with Crippen molar-refractivity contribution in [3.63, 3.8) is 0 Å². The first kappa shape index (κ1) is 13.0. The second-order valence-corrected chi connectivity index (χ2v) is 4.50. The van der Waals surface area contributed by atoms with Crippen LogP contribution < -0.4 is 16.4 Å². The van der Waals surface area contributed by atoms with Crippen LogP contribution >= 0.6 is 0 Å². The second kappa shape index (κ2) is 5.06. The third kappa shape index (κ3) is 3.80. The Morgan fingerprint density at radius 2 is 1.89 bits per heavy atom. The molecule has 0 atom stereocenters. The van der Waals surface area contributed by atoms with E-state index in [0.717, 1.165) is 18.7 Å². The lowest BCUT2D eigenvalue weighted by Gasteiger charge is -2.12. The summed E-state index contributed by atoms with van der Waals surface area (Å²) in [5, 5.41) is 6.21. The third-order valence-corrected chi connectivity index (χ3v) is 2.75. The number of rotatable bonds is 5. The summed E-state index contributed by atoms with van der Waals surface area (Å²) < 4.78 is 37.7. The summed E-state index contributed by atoms with van der Waals surface area (Å²) in [6.45, 7) is 1.32. The predicted molar refractivity (Wildman–Crippen MR) is 65.4 cm³/mol. The van der Waals surface area contributed by atoms with E-state index in [1.54, 1.807) is 0 Å². The first-order chi connectivity index (χ1) is 8.45. The molecule has 2 rings (SSSR count). The summed E-state index contributed by atoms with van der Waals surface area (Å²) in [7, 11) is 0. The van der Waals surface area contributed by atoms with Crippen molar-refractivity contribution < 1.29 is 13.2 Å². The number of alkyl halides is 3. The van der Waals surface area contributed by atoms with Gasteiger partial charge in [0.1, 0.15) is 0 Å². The number of anilines is 2. The molecule has 0 saturated heterocycles. The lowest BCUT2D eigenvalue weighted by atomic mass is 10.1. The zero-order valence-corrected chi connectivity index (χ0v) is 9.85. The SMILES string of the molecule is Nc1cc(NCCNC2CC2)cc(C(F)(F)F)c1. The van der Waals surface area contributed by atoms with Crippen molar-refractivity contribution in [2.75, 3.05) is 24.1 Å². The Balaban J connectivity index is 1.92. The molecular weight excluding hydrogens is 243 g/mol. The van der Waals surface area contributed by atoms with E-state index in [2.05, 4.69) is 10.6 Å². The zero-order valence-electron chi connectivity index (χ0n) is 9.85. The molecule has 0 heterocycles. The first-order valence-corrected chi connectivity index (χ1v) is 5.90. The molecule has 0 spiro atoms. The average molecular weight is 259 g/mol. The van der Waals surface area contributed by atoms with Gasteiger partial charge in [0, 0.05) is 30.5 Å². The fraction of sp³-hybridized carbons (Fsp3) is 0.500. The number of nitrogen functional groups attached to an aromatic ring is 1. The molecule has 4 N–H and O–H groups in total. The summed E-state index contributed by atoms with van der Waals surface area (Å²) in [5.74, 6) is 0. The summed E-state index contributed by atoms with van der Waals surface area (Å²) in [5.41, 5.74) is 5.26. The van der Waals surface area contributed by atoms with E-state index >= 15 is 0 Å². The topological polar surface area (TPSA) is 50.1 Å². The predicted octanol–water partition coefficient (Wildman–Crippen LogP) is 2.45. The number of halogens is 3. The van der Waals surface area contributed by atoms with Crippen LogP contribution in [0.1, 0.15) is 18.4 Å². The van der Waals surface area contributed by atoms with Gasteiger partial charge in [0.05, 0.1) is 5.56 Å². The minimum atomic E-state index is -4.36. The molecule has 6 heteroatoms. The Hall–Kier alpha value is -1.43. The van der Waals surface area contributed by atoms with Gasteiger partial charge in [0.15, 0.2) is 0 Å². The van der Waals surface area contributed by atoms with Crippen molar-refractivity contribution in [1.82, 2.24) is 5.32 Å². The highest BCUT2D eigenvalue weighted by molar-refractivity contribution is 5.57. The van der Waals surface area contributed by atoms with Crippen LogP contribution in [0.25, 0.3) is 0 Å². The molecule has 0 amide bonds.